The van der Waals surface area contributed by atoms with Crippen molar-refractivity contribution in [3.8, 4) is 23.6 Å². The number of azo groups is 1. The van der Waals surface area contributed by atoms with Gasteiger partial charge in [0.15, 0.2) is 0 Å². The first-order chi connectivity index (χ1) is 19.0. The smallest absolute Gasteiger partial charge is 0.271 e. The Morgan fingerprint density at radius 2 is 1.59 bits per heavy atom. The minimum Gasteiger partial charge on any atom is -0.497 e. The largest absolute Gasteiger partial charge is 0.497 e. The van der Waals surface area contributed by atoms with Crippen LogP contribution in [0.25, 0.3) is 0 Å². The predicted octanol–water partition coefficient (Wildman–Crippen LogP) is 5.52. The maximum atomic E-state index is 12.7. The van der Waals surface area contributed by atoms with E-state index in [1.165, 1.54) is 7.11 Å². The molecular weight excluding hydrogens is 494 g/mol. The SMILES string of the molecule is COc1ccc(N=N/C(=N/NC(=O)c2ccc(C)cc2)c2ccc(N(CCC#N)CCC#N)cc2OC)cc1. The standard InChI is InChI=1S/C29H29N7O3/c1-21-6-8-22(9-7-21)29(37)35-34-28(33-32-23-10-13-25(38-2)14-11-23)26-15-12-24(20-27(26)39-3)36(18-4-16-30)19-5-17-31/h6-15,20H,4-5,18-19H2,1-3H3,(H,35,37)/b33-32?,34-28+. The number of carbonyl (C=O) groups is 1. The van der Waals surface area contributed by atoms with E-state index in [-0.39, 0.29) is 5.84 Å². The van der Waals surface area contributed by atoms with Crippen LogP contribution in [0.5, 0.6) is 11.5 Å². The number of hydrogen-bond acceptors (Lipinski definition) is 8. The summed E-state index contributed by atoms with van der Waals surface area (Å²) in [4.78, 5) is 14.7. The number of benzene rings is 3. The summed E-state index contributed by atoms with van der Waals surface area (Å²) in [5.74, 6) is 0.837. The van der Waals surface area contributed by atoms with Gasteiger partial charge in [-0.15, -0.1) is 15.3 Å². The van der Waals surface area contributed by atoms with Crippen LogP contribution in [0.1, 0.15) is 34.3 Å². The fourth-order valence-corrected chi connectivity index (χ4v) is 3.56. The van der Waals surface area contributed by atoms with Crippen molar-refractivity contribution in [3.63, 3.8) is 0 Å². The molecule has 0 fully saturated rings. The molecule has 0 saturated carbocycles. The highest BCUT2D eigenvalue weighted by atomic mass is 16.5. The lowest BCUT2D eigenvalue weighted by Gasteiger charge is -2.23. The summed E-state index contributed by atoms with van der Waals surface area (Å²) >= 11 is 0. The van der Waals surface area contributed by atoms with E-state index in [2.05, 4.69) is 32.9 Å². The van der Waals surface area contributed by atoms with E-state index in [0.29, 0.717) is 54.2 Å². The first-order valence-electron chi connectivity index (χ1n) is 12.2. The van der Waals surface area contributed by atoms with Crippen molar-refractivity contribution in [1.29, 1.82) is 10.5 Å². The number of amidine groups is 1. The monoisotopic (exact) mass is 523 g/mol. The van der Waals surface area contributed by atoms with Crippen LogP contribution in [-0.4, -0.2) is 39.1 Å². The minimum absolute atomic E-state index is 0.121. The number of ether oxygens (including phenoxy) is 2. The van der Waals surface area contributed by atoms with Gasteiger partial charge in [0.25, 0.3) is 5.91 Å². The summed E-state index contributed by atoms with van der Waals surface area (Å²) in [6.45, 7) is 2.87. The van der Waals surface area contributed by atoms with Gasteiger partial charge in [0.05, 0.1) is 50.5 Å². The molecule has 0 bridgehead atoms. The zero-order chi connectivity index (χ0) is 28.0. The van der Waals surface area contributed by atoms with E-state index in [4.69, 9.17) is 20.0 Å². The fraction of sp³-hybridized carbons (Fsp3) is 0.241. The van der Waals surface area contributed by atoms with Crippen molar-refractivity contribution in [1.82, 2.24) is 5.43 Å². The van der Waals surface area contributed by atoms with Gasteiger partial charge in [-0.25, -0.2) is 5.43 Å². The molecule has 3 aromatic rings. The minimum atomic E-state index is -0.401. The van der Waals surface area contributed by atoms with Crippen LogP contribution in [0, 0.1) is 29.6 Å². The molecule has 0 heterocycles. The summed E-state index contributed by atoms with van der Waals surface area (Å²) in [6.07, 6.45) is 0.618. The molecule has 10 heteroatoms. The lowest BCUT2D eigenvalue weighted by atomic mass is 10.1. The maximum absolute atomic E-state index is 12.7. The number of nitrogens with zero attached hydrogens (tertiary/aromatic N) is 6. The number of nitriles is 2. The average Bonchev–Trinajstić information content (AvgIpc) is 2.97. The first kappa shape index (κ1) is 28.4. The Hall–Kier alpha value is -5.22. The van der Waals surface area contributed by atoms with Gasteiger partial charge in [-0.05, 0) is 55.5 Å². The fourth-order valence-electron chi connectivity index (χ4n) is 3.56. The van der Waals surface area contributed by atoms with Gasteiger partial charge in [-0.1, -0.05) is 17.7 Å². The lowest BCUT2D eigenvalue weighted by molar-refractivity contribution is 0.0954. The van der Waals surface area contributed by atoms with Crippen molar-refractivity contribution in [2.75, 3.05) is 32.2 Å². The zero-order valence-corrected chi connectivity index (χ0v) is 22.1. The van der Waals surface area contributed by atoms with Crippen LogP contribution in [0.2, 0.25) is 0 Å². The second kappa shape index (κ2) is 14.5. The predicted molar refractivity (Wildman–Crippen MR) is 148 cm³/mol. The highest BCUT2D eigenvalue weighted by molar-refractivity contribution is 6.03. The van der Waals surface area contributed by atoms with Crippen LogP contribution in [-0.2, 0) is 0 Å². The molecule has 0 radical (unpaired) electrons. The third kappa shape index (κ3) is 8.14. The van der Waals surface area contributed by atoms with Crippen LogP contribution in [0.3, 0.4) is 0 Å². The van der Waals surface area contributed by atoms with E-state index in [0.717, 1.165) is 11.3 Å². The number of methoxy groups -OCH3 is 2. The number of carbonyl (C=O) groups excluding carboxylic acids is 1. The molecule has 3 aromatic carbocycles. The molecule has 39 heavy (non-hydrogen) atoms. The van der Waals surface area contributed by atoms with E-state index < -0.39 is 5.91 Å². The second-order valence-corrected chi connectivity index (χ2v) is 8.33. The van der Waals surface area contributed by atoms with Crippen LogP contribution < -0.4 is 19.8 Å². The van der Waals surface area contributed by atoms with Gasteiger partial charge in [0, 0.05) is 30.4 Å². The Kier molecular flexibility index (Phi) is 10.5. The third-order valence-electron chi connectivity index (χ3n) is 5.69. The quantitative estimate of drug-likeness (QED) is 0.152. The Labute approximate surface area is 227 Å². The molecule has 0 unspecified atom stereocenters. The maximum Gasteiger partial charge on any atom is 0.271 e. The van der Waals surface area contributed by atoms with E-state index >= 15 is 0 Å². The van der Waals surface area contributed by atoms with Crippen LogP contribution in [0.15, 0.2) is 82.1 Å². The topological polar surface area (TPSA) is 135 Å². The van der Waals surface area contributed by atoms with Crippen LogP contribution >= 0.6 is 0 Å². The number of nitrogens with one attached hydrogen (secondary N) is 1. The molecule has 0 atom stereocenters. The highest BCUT2D eigenvalue weighted by Crippen LogP contribution is 2.28. The summed E-state index contributed by atoms with van der Waals surface area (Å²) < 4.78 is 10.8. The first-order valence-corrected chi connectivity index (χ1v) is 12.2. The van der Waals surface area contributed by atoms with E-state index in [9.17, 15) is 4.79 Å². The number of hydrogen-bond donors (Lipinski definition) is 1. The molecule has 198 valence electrons. The van der Waals surface area contributed by atoms with Crippen molar-refractivity contribution >= 4 is 23.1 Å². The van der Waals surface area contributed by atoms with Crippen molar-refractivity contribution in [3.05, 3.63) is 83.4 Å². The lowest BCUT2D eigenvalue weighted by Crippen LogP contribution is -2.25. The average molecular weight is 524 g/mol. The molecule has 0 saturated heterocycles. The summed E-state index contributed by atoms with van der Waals surface area (Å²) in [6, 6.07) is 23.8. The molecule has 1 amide bonds. The molecule has 10 nitrogen and oxygen atoms in total. The molecule has 0 aromatic heterocycles. The van der Waals surface area contributed by atoms with Crippen molar-refractivity contribution in [2.24, 2.45) is 15.3 Å². The van der Waals surface area contributed by atoms with Crippen molar-refractivity contribution < 1.29 is 14.3 Å². The number of rotatable bonds is 11. The summed E-state index contributed by atoms with van der Waals surface area (Å²) in [7, 11) is 3.09. The Balaban J connectivity index is 1.98. The van der Waals surface area contributed by atoms with Gasteiger partial charge in [0.1, 0.15) is 11.5 Å². The number of aryl methyl sites for hydroxylation is 1. The van der Waals surface area contributed by atoms with Crippen molar-refractivity contribution in [2.45, 2.75) is 19.8 Å². The zero-order valence-electron chi connectivity index (χ0n) is 22.1. The van der Waals surface area contributed by atoms with Gasteiger partial charge >= 0.3 is 0 Å². The number of anilines is 1. The third-order valence-corrected chi connectivity index (χ3v) is 5.69. The molecular formula is C29H29N7O3. The summed E-state index contributed by atoms with van der Waals surface area (Å²) in [5, 5.41) is 31.0. The van der Waals surface area contributed by atoms with Gasteiger partial charge < -0.3 is 14.4 Å². The Morgan fingerprint density at radius 3 is 2.18 bits per heavy atom. The summed E-state index contributed by atoms with van der Waals surface area (Å²) in [5.41, 5.74) is 5.86. The van der Waals surface area contributed by atoms with Gasteiger partial charge in [-0.2, -0.15) is 10.5 Å². The molecule has 1 N–H and O–H groups in total. The van der Waals surface area contributed by atoms with E-state index in [1.807, 2.05) is 30.0 Å². The van der Waals surface area contributed by atoms with Gasteiger partial charge in [0.2, 0.25) is 5.84 Å². The highest BCUT2D eigenvalue weighted by Gasteiger charge is 2.16. The number of amides is 1. The Bertz CT molecular complexity index is 1380. The normalized spacial score (nSPS) is 10.9. The molecule has 0 aliphatic heterocycles. The number of hydrazone groups is 1. The molecule has 0 aliphatic carbocycles. The molecule has 3 rings (SSSR count). The Morgan fingerprint density at radius 1 is 0.923 bits per heavy atom. The second-order valence-electron chi connectivity index (χ2n) is 8.33. The van der Waals surface area contributed by atoms with Crippen LogP contribution in [0.4, 0.5) is 11.4 Å². The van der Waals surface area contributed by atoms with E-state index in [1.54, 1.807) is 55.6 Å². The molecule has 0 spiro atoms. The molecule has 0 aliphatic rings. The van der Waals surface area contributed by atoms with Gasteiger partial charge in [-0.3, -0.25) is 4.79 Å².